The molecule has 0 amide bonds. The van der Waals surface area contributed by atoms with E-state index >= 15 is 0 Å². The quantitative estimate of drug-likeness (QED) is 0.774. The normalized spacial score (nSPS) is 12.3. The first kappa shape index (κ1) is 16.1. The number of aliphatic hydroxyl groups excluding tert-OH is 1. The van der Waals surface area contributed by atoms with Crippen LogP contribution in [0.4, 0.5) is 0 Å². The standard InChI is InChI=1S/C18H19N3O3/c1-12-5-6-13(2)16(8-12)24-10-14(22)9-21-11-20-17-15(18(21)23)4-3-7-19-17/h3-8,11,14,22H,9-10H2,1-2H3. The van der Waals surface area contributed by atoms with E-state index in [2.05, 4.69) is 9.97 Å². The van der Waals surface area contributed by atoms with Crippen molar-refractivity contribution in [3.05, 3.63) is 64.3 Å². The molecule has 6 nitrogen and oxygen atoms in total. The van der Waals surface area contributed by atoms with Crippen LogP contribution in [0.5, 0.6) is 5.75 Å². The fraction of sp³-hybridized carbons (Fsp3) is 0.278. The predicted octanol–water partition coefficient (Wildman–Crippen LogP) is 1.85. The third kappa shape index (κ3) is 3.44. The molecule has 0 aliphatic rings. The number of hydrogen-bond donors (Lipinski definition) is 1. The first-order valence-electron chi connectivity index (χ1n) is 7.73. The zero-order valence-electron chi connectivity index (χ0n) is 13.6. The van der Waals surface area contributed by atoms with E-state index < -0.39 is 6.10 Å². The molecule has 0 saturated carbocycles. The summed E-state index contributed by atoms with van der Waals surface area (Å²) in [5, 5.41) is 10.6. The number of pyridine rings is 1. The summed E-state index contributed by atoms with van der Waals surface area (Å²) in [7, 11) is 0. The van der Waals surface area contributed by atoms with Gasteiger partial charge >= 0.3 is 0 Å². The number of aliphatic hydroxyl groups is 1. The second-order valence-corrected chi connectivity index (χ2v) is 5.81. The van der Waals surface area contributed by atoms with Gasteiger partial charge in [-0.3, -0.25) is 9.36 Å². The summed E-state index contributed by atoms with van der Waals surface area (Å²) >= 11 is 0. The smallest absolute Gasteiger partial charge is 0.262 e. The lowest BCUT2D eigenvalue weighted by atomic mass is 10.1. The Kier molecular flexibility index (Phi) is 4.57. The van der Waals surface area contributed by atoms with E-state index in [9.17, 15) is 9.90 Å². The second-order valence-electron chi connectivity index (χ2n) is 5.81. The van der Waals surface area contributed by atoms with Crippen molar-refractivity contribution in [1.29, 1.82) is 0 Å². The van der Waals surface area contributed by atoms with Crippen LogP contribution in [-0.4, -0.2) is 32.4 Å². The van der Waals surface area contributed by atoms with Crippen LogP contribution in [0.2, 0.25) is 0 Å². The molecule has 0 aliphatic carbocycles. The minimum atomic E-state index is -0.821. The highest BCUT2D eigenvalue weighted by Crippen LogP contribution is 2.19. The number of aryl methyl sites for hydroxylation is 2. The van der Waals surface area contributed by atoms with Crippen molar-refractivity contribution in [3.63, 3.8) is 0 Å². The van der Waals surface area contributed by atoms with Gasteiger partial charge in [-0.1, -0.05) is 12.1 Å². The van der Waals surface area contributed by atoms with Gasteiger partial charge in [-0.2, -0.15) is 0 Å². The third-order valence-corrected chi connectivity index (χ3v) is 3.78. The third-order valence-electron chi connectivity index (χ3n) is 3.78. The van der Waals surface area contributed by atoms with Crippen LogP contribution in [0.1, 0.15) is 11.1 Å². The summed E-state index contributed by atoms with van der Waals surface area (Å²) in [4.78, 5) is 20.6. The van der Waals surface area contributed by atoms with E-state index in [4.69, 9.17) is 4.74 Å². The molecule has 1 unspecified atom stereocenters. The molecule has 2 aromatic heterocycles. The van der Waals surface area contributed by atoms with Gasteiger partial charge < -0.3 is 9.84 Å². The van der Waals surface area contributed by atoms with Gasteiger partial charge in [0.2, 0.25) is 0 Å². The van der Waals surface area contributed by atoms with E-state index in [1.807, 2.05) is 32.0 Å². The molecule has 6 heteroatoms. The highest BCUT2D eigenvalue weighted by atomic mass is 16.5. The molecule has 124 valence electrons. The number of ether oxygens (including phenoxy) is 1. The maximum Gasteiger partial charge on any atom is 0.262 e. The molecule has 0 spiro atoms. The van der Waals surface area contributed by atoms with Gasteiger partial charge in [-0.05, 0) is 43.2 Å². The van der Waals surface area contributed by atoms with Crippen LogP contribution in [0, 0.1) is 13.8 Å². The first-order valence-corrected chi connectivity index (χ1v) is 7.73. The number of aromatic nitrogens is 3. The Morgan fingerprint density at radius 2 is 2.08 bits per heavy atom. The molecule has 0 saturated heterocycles. The van der Waals surface area contributed by atoms with Gasteiger partial charge in [0.05, 0.1) is 11.9 Å². The molecule has 0 aliphatic heterocycles. The minimum absolute atomic E-state index is 0.0990. The lowest BCUT2D eigenvalue weighted by Crippen LogP contribution is -2.30. The maximum atomic E-state index is 12.4. The molecule has 0 bridgehead atoms. The van der Waals surface area contributed by atoms with Crippen molar-refractivity contribution < 1.29 is 9.84 Å². The molecule has 1 aromatic carbocycles. The highest BCUT2D eigenvalue weighted by Gasteiger charge is 2.11. The molecular weight excluding hydrogens is 306 g/mol. The average molecular weight is 325 g/mol. The summed E-state index contributed by atoms with van der Waals surface area (Å²) in [5.74, 6) is 0.738. The molecule has 1 N–H and O–H groups in total. The molecule has 2 heterocycles. The van der Waals surface area contributed by atoms with Crippen LogP contribution in [0.3, 0.4) is 0 Å². The molecular formula is C18H19N3O3. The Morgan fingerprint density at radius 1 is 1.25 bits per heavy atom. The van der Waals surface area contributed by atoms with Gasteiger partial charge in [0, 0.05) is 6.20 Å². The summed E-state index contributed by atoms with van der Waals surface area (Å²) < 4.78 is 7.06. The van der Waals surface area contributed by atoms with Crippen LogP contribution >= 0.6 is 0 Å². The van der Waals surface area contributed by atoms with Gasteiger partial charge in [0.25, 0.3) is 5.56 Å². The van der Waals surface area contributed by atoms with Gasteiger partial charge in [0.15, 0.2) is 5.65 Å². The van der Waals surface area contributed by atoms with Crippen molar-refractivity contribution in [2.24, 2.45) is 0 Å². The Hall–Kier alpha value is -2.73. The van der Waals surface area contributed by atoms with E-state index in [1.165, 1.54) is 10.9 Å². The van der Waals surface area contributed by atoms with Crippen LogP contribution in [-0.2, 0) is 6.54 Å². The monoisotopic (exact) mass is 325 g/mol. The summed E-state index contributed by atoms with van der Waals surface area (Å²) in [6.45, 7) is 4.15. The molecule has 3 aromatic rings. The first-order chi connectivity index (χ1) is 11.5. The highest BCUT2D eigenvalue weighted by molar-refractivity contribution is 5.72. The summed E-state index contributed by atoms with van der Waals surface area (Å²) in [5.41, 5.74) is 2.27. The van der Waals surface area contributed by atoms with Crippen molar-refractivity contribution in [2.45, 2.75) is 26.5 Å². The van der Waals surface area contributed by atoms with E-state index in [0.29, 0.717) is 11.0 Å². The van der Waals surface area contributed by atoms with E-state index in [1.54, 1.807) is 18.3 Å². The van der Waals surface area contributed by atoms with E-state index in [-0.39, 0.29) is 18.7 Å². The summed E-state index contributed by atoms with van der Waals surface area (Å²) in [6, 6.07) is 9.27. The molecule has 24 heavy (non-hydrogen) atoms. The van der Waals surface area contributed by atoms with Crippen LogP contribution in [0.25, 0.3) is 11.0 Å². The summed E-state index contributed by atoms with van der Waals surface area (Å²) in [6.07, 6.45) is 2.17. The number of rotatable bonds is 5. The minimum Gasteiger partial charge on any atom is -0.491 e. The Labute approximate surface area is 139 Å². The van der Waals surface area contributed by atoms with Crippen molar-refractivity contribution in [3.8, 4) is 5.75 Å². The molecule has 0 fully saturated rings. The van der Waals surface area contributed by atoms with Crippen molar-refractivity contribution >= 4 is 11.0 Å². The zero-order chi connectivity index (χ0) is 17.1. The lowest BCUT2D eigenvalue weighted by molar-refractivity contribution is 0.0911. The Balaban J connectivity index is 1.71. The topological polar surface area (TPSA) is 77.2 Å². The largest absolute Gasteiger partial charge is 0.491 e. The van der Waals surface area contributed by atoms with E-state index in [0.717, 1.165) is 16.9 Å². The Morgan fingerprint density at radius 3 is 2.92 bits per heavy atom. The zero-order valence-corrected chi connectivity index (χ0v) is 13.6. The number of nitrogens with zero attached hydrogens (tertiary/aromatic N) is 3. The molecule has 3 rings (SSSR count). The number of hydrogen-bond acceptors (Lipinski definition) is 5. The predicted molar refractivity (Wildman–Crippen MR) is 91.2 cm³/mol. The van der Waals surface area contributed by atoms with Crippen LogP contribution < -0.4 is 10.3 Å². The number of benzene rings is 1. The fourth-order valence-corrected chi connectivity index (χ4v) is 2.46. The van der Waals surface area contributed by atoms with Crippen molar-refractivity contribution in [1.82, 2.24) is 14.5 Å². The van der Waals surface area contributed by atoms with Gasteiger partial charge in [-0.25, -0.2) is 9.97 Å². The van der Waals surface area contributed by atoms with Gasteiger partial charge in [-0.15, -0.1) is 0 Å². The molecule has 1 atom stereocenters. The molecule has 0 radical (unpaired) electrons. The SMILES string of the molecule is Cc1ccc(C)c(OCC(O)Cn2cnc3ncccc3c2=O)c1. The van der Waals surface area contributed by atoms with Crippen molar-refractivity contribution in [2.75, 3.05) is 6.61 Å². The van der Waals surface area contributed by atoms with Gasteiger partial charge in [0.1, 0.15) is 24.8 Å². The maximum absolute atomic E-state index is 12.4. The number of fused-ring (bicyclic) bond motifs is 1. The Bertz CT molecular complexity index is 921. The fourth-order valence-electron chi connectivity index (χ4n) is 2.46. The average Bonchev–Trinajstić information content (AvgIpc) is 2.58. The lowest BCUT2D eigenvalue weighted by Gasteiger charge is -2.15. The van der Waals surface area contributed by atoms with Crippen LogP contribution in [0.15, 0.2) is 47.7 Å². The second kappa shape index (κ2) is 6.80.